The minimum atomic E-state index is -0.552. The van der Waals surface area contributed by atoms with Gasteiger partial charge in [0.05, 0.1) is 32.5 Å². The molecule has 0 spiro atoms. The van der Waals surface area contributed by atoms with Gasteiger partial charge in [-0.15, -0.1) is 0 Å². The van der Waals surface area contributed by atoms with E-state index < -0.39 is 11.2 Å². The Kier molecular flexibility index (Phi) is 5.42. The SMILES string of the molecule is COc1cc2oc(=O)cc(CC(=O)c3ccc4c(c3OC)C=CC(C)(C)O4)c2cc1OC. The normalized spacial score (nSPS) is 13.9. The van der Waals surface area contributed by atoms with Crippen LogP contribution in [-0.2, 0) is 6.42 Å². The monoisotopic (exact) mass is 436 g/mol. The summed E-state index contributed by atoms with van der Waals surface area (Å²) in [6.45, 7) is 3.90. The number of Topliss-reactive ketones (excluding diaryl/α,β-unsaturated/α-hetero) is 1. The smallest absolute Gasteiger partial charge is 0.336 e. The molecule has 32 heavy (non-hydrogen) atoms. The Morgan fingerprint density at radius 1 is 1.00 bits per heavy atom. The fraction of sp³-hybridized carbons (Fsp3) is 0.280. The van der Waals surface area contributed by atoms with Gasteiger partial charge in [0.15, 0.2) is 17.3 Å². The number of carbonyl (C=O) groups excluding carboxylic acids is 1. The molecular formula is C25H24O7. The molecule has 0 aliphatic carbocycles. The van der Waals surface area contributed by atoms with Gasteiger partial charge in [-0.1, -0.05) is 0 Å². The molecule has 0 fully saturated rings. The summed E-state index contributed by atoms with van der Waals surface area (Å²) in [7, 11) is 4.53. The van der Waals surface area contributed by atoms with Crippen molar-refractivity contribution < 1.29 is 28.2 Å². The van der Waals surface area contributed by atoms with Crippen molar-refractivity contribution in [2.45, 2.75) is 25.9 Å². The Bertz CT molecular complexity index is 1300. The largest absolute Gasteiger partial charge is 0.495 e. The van der Waals surface area contributed by atoms with E-state index in [4.69, 9.17) is 23.4 Å². The van der Waals surface area contributed by atoms with Gasteiger partial charge in [0, 0.05) is 23.9 Å². The van der Waals surface area contributed by atoms with Crippen molar-refractivity contribution in [3.8, 4) is 23.0 Å². The summed E-state index contributed by atoms with van der Waals surface area (Å²) in [4.78, 5) is 25.5. The first-order valence-electron chi connectivity index (χ1n) is 10.1. The molecule has 2 heterocycles. The molecule has 3 aromatic rings. The van der Waals surface area contributed by atoms with Crippen LogP contribution < -0.4 is 24.6 Å². The van der Waals surface area contributed by atoms with E-state index in [0.717, 1.165) is 0 Å². The fourth-order valence-electron chi connectivity index (χ4n) is 3.84. The second kappa shape index (κ2) is 8.07. The van der Waals surface area contributed by atoms with Crippen LogP contribution in [0.2, 0.25) is 0 Å². The third-order valence-electron chi connectivity index (χ3n) is 5.37. The molecule has 0 bridgehead atoms. The Hall–Kier alpha value is -3.74. The van der Waals surface area contributed by atoms with Crippen LogP contribution in [0, 0.1) is 0 Å². The van der Waals surface area contributed by atoms with E-state index in [1.54, 1.807) is 24.3 Å². The minimum absolute atomic E-state index is 0.0250. The standard InChI is InChI=1S/C25H24O7/c1-25(2)9-8-16-19(32-25)7-6-15(24(16)30-5)18(26)10-14-11-23(27)31-20-13-22(29-4)21(28-3)12-17(14)20/h6-9,11-13H,10H2,1-5H3. The van der Waals surface area contributed by atoms with Gasteiger partial charge in [0.2, 0.25) is 0 Å². The van der Waals surface area contributed by atoms with Crippen LogP contribution in [0.25, 0.3) is 17.0 Å². The number of benzene rings is 2. The number of hydrogen-bond donors (Lipinski definition) is 0. The molecule has 4 rings (SSSR count). The third-order valence-corrected chi connectivity index (χ3v) is 5.37. The van der Waals surface area contributed by atoms with E-state index in [2.05, 4.69) is 0 Å². The first-order valence-corrected chi connectivity index (χ1v) is 10.1. The average Bonchev–Trinajstić information content (AvgIpc) is 2.76. The van der Waals surface area contributed by atoms with Crippen LogP contribution in [-0.4, -0.2) is 32.7 Å². The summed E-state index contributed by atoms with van der Waals surface area (Å²) in [6, 6.07) is 8.05. The van der Waals surface area contributed by atoms with Gasteiger partial charge in [-0.3, -0.25) is 4.79 Å². The number of hydrogen-bond acceptors (Lipinski definition) is 7. The molecule has 2 aromatic carbocycles. The summed E-state index contributed by atoms with van der Waals surface area (Å²) in [6.07, 6.45) is 3.79. The minimum Gasteiger partial charge on any atom is -0.495 e. The fourth-order valence-corrected chi connectivity index (χ4v) is 3.84. The lowest BCUT2D eigenvalue weighted by atomic mass is 9.95. The molecule has 166 valence electrons. The van der Waals surface area contributed by atoms with Crippen LogP contribution in [0.3, 0.4) is 0 Å². The summed E-state index contributed by atoms with van der Waals surface area (Å²) in [5, 5.41) is 0.595. The Morgan fingerprint density at radius 3 is 2.41 bits per heavy atom. The van der Waals surface area contributed by atoms with Gasteiger partial charge in [0.1, 0.15) is 22.7 Å². The van der Waals surface area contributed by atoms with E-state index in [0.29, 0.717) is 50.7 Å². The van der Waals surface area contributed by atoms with Crippen LogP contribution in [0.4, 0.5) is 0 Å². The number of carbonyl (C=O) groups is 1. The topological polar surface area (TPSA) is 84.2 Å². The van der Waals surface area contributed by atoms with Crippen molar-refractivity contribution in [2.75, 3.05) is 21.3 Å². The summed E-state index contributed by atoms with van der Waals surface area (Å²) >= 11 is 0. The molecule has 7 heteroatoms. The Balaban J connectivity index is 1.77. The zero-order valence-corrected chi connectivity index (χ0v) is 18.6. The van der Waals surface area contributed by atoms with Crippen LogP contribution in [0.5, 0.6) is 23.0 Å². The average molecular weight is 436 g/mol. The van der Waals surface area contributed by atoms with Crippen molar-refractivity contribution in [1.29, 1.82) is 0 Å². The van der Waals surface area contributed by atoms with E-state index in [-0.39, 0.29) is 12.2 Å². The van der Waals surface area contributed by atoms with E-state index in [1.165, 1.54) is 27.4 Å². The number of ketones is 1. The van der Waals surface area contributed by atoms with Crippen molar-refractivity contribution in [1.82, 2.24) is 0 Å². The molecule has 0 saturated heterocycles. The highest BCUT2D eigenvalue weighted by molar-refractivity contribution is 6.03. The van der Waals surface area contributed by atoms with Crippen LogP contribution in [0.1, 0.15) is 35.3 Å². The van der Waals surface area contributed by atoms with E-state index in [1.807, 2.05) is 26.0 Å². The number of ether oxygens (including phenoxy) is 4. The highest BCUT2D eigenvalue weighted by atomic mass is 16.5. The molecule has 0 radical (unpaired) electrons. The Morgan fingerprint density at radius 2 is 1.72 bits per heavy atom. The quantitative estimate of drug-likeness (QED) is 0.417. The molecule has 0 saturated carbocycles. The maximum atomic E-state index is 13.3. The Labute approximate surface area is 185 Å². The molecule has 0 atom stereocenters. The van der Waals surface area contributed by atoms with Crippen molar-refractivity contribution in [2.24, 2.45) is 0 Å². The maximum absolute atomic E-state index is 13.3. The number of rotatable bonds is 6. The van der Waals surface area contributed by atoms with Gasteiger partial charge in [-0.25, -0.2) is 4.79 Å². The zero-order valence-electron chi connectivity index (χ0n) is 18.6. The lowest BCUT2D eigenvalue weighted by Gasteiger charge is -2.29. The molecule has 1 aliphatic heterocycles. The van der Waals surface area contributed by atoms with Crippen molar-refractivity contribution >= 4 is 22.8 Å². The molecular weight excluding hydrogens is 412 g/mol. The third kappa shape index (κ3) is 3.82. The lowest BCUT2D eigenvalue weighted by molar-refractivity contribution is 0.0990. The summed E-state index contributed by atoms with van der Waals surface area (Å²) in [5.74, 6) is 1.78. The lowest BCUT2D eigenvalue weighted by Crippen LogP contribution is -2.27. The molecule has 7 nitrogen and oxygen atoms in total. The molecule has 0 amide bonds. The predicted molar refractivity (Wildman–Crippen MR) is 120 cm³/mol. The first kappa shape index (κ1) is 21.5. The summed E-state index contributed by atoms with van der Waals surface area (Å²) in [5.41, 5.74) is 0.954. The van der Waals surface area contributed by atoms with Crippen molar-refractivity contribution in [3.05, 3.63) is 63.5 Å². The van der Waals surface area contributed by atoms with E-state index in [9.17, 15) is 9.59 Å². The molecule has 0 unspecified atom stereocenters. The van der Waals surface area contributed by atoms with Gasteiger partial charge in [-0.2, -0.15) is 0 Å². The van der Waals surface area contributed by atoms with Gasteiger partial charge >= 0.3 is 5.63 Å². The van der Waals surface area contributed by atoms with Gasteiger partial charge in [0.25, 0.3) is 0 Å². The van der Waals surface area contributed by atoms with Crippen LogP contribution >= 0.6 is 0 Å². The number of fused-ring (bicyclic) bond motifs is 2. The highest BCUT2D eigenvalue weighted by Crippen LogP contribution is 2.40. The van der Waals surface area contributed by atoms with Crippen molar-refractivity contribution in [3.63, 3.8) is 0 Å². The first-order chi connectivity index (χ1) is 15.3. The van der Waals surface area contributed by atoms with Crippen LogP contribution in [0.15, 0.2) is 45.6 Å². The molecule has 0 N–H and O–H groups in total. The van der Waals surface area contributed by atoms with Gasteiger partial charge < -0.3 is 23.4 Å². The predicted octanol–water partition coefficient (Wildman–Crippen LogP) is 4.43. The number of methoxy groups -OCH3 is 3. The van der Waals surface area contributed by atoms with Gasteiger partial charge in [-0.05, 0) is 49.8 Å². The second-order valence-electron chi connectivity index (χ2n) is 7.99. The maximum Gasteiger partial charge on any atom is 0.336 e. The molecule has 1 aromatic heterocycles. The highest BCUT2D eigenvalue weighted by Gasteiger charge is 2.27. The van der Waals surface area contributed by atoms with E-state index >= 15 is 0 Å². The summed E-state index contributed by atoms with van der Waals surface area (Å²) < 4.78 is 27.5. The second-order valence-corrected chi connectivity index (χ2v) is 7.99. The molecule has 1 aliphatic rings. The zero-order chi connectivity index (χ0) is 23.0.